The Hall–Kier alpha value is -2.49. The molecule has 1 atom stereocenters. The van der Waals surface area contributed by atoms with E-state index in [1.54, 1.807) is 18.4 Å². The quantitative estimate of drug-likeness (QED) is 0.513. The fraction of sp³-hybridized carbons (Fsp3) is 0.364. The second-order valence-electron chi connectivity index (χ2n) is 7.12. The van der Waals surface area contributed by atoms with Crippen molar-refractivity contribution in [3.63, 3.8) is 0 Å². The third-order valence-electron chi connectivity index (χ3n) is 4.91. The van der Waals surface area contributed by atoms with Crippen LogP contribution in [-0.4, -0.2) is 53.2 Å². The number of ether oxygens (including phenoxy) is 2. The zero-order chi connectivity index (χ0) is 21.6. The van der Waals surface area contributed by atoms with Crippen molar-refractivity contribution in [3.8, 4) is 26.9 Å². The molecule has 0 aliphatic carbocycles. The van der Waals surface area contributed by atoms with Gasteiger partial charge in [-0.25, -0.2) is 4.98 Å². The van der Waals surface area contributed by atoms with E-state index in [9.17, 15) is 4.79 Å². The number of nitrogens with one attached hydrogen (secondary N) is 1. The topological polar surface area (TPSA) is 86.2 Å². The Morgan fingerprint density at radius 3 is 2.90 bits per heavy atom. The summed E-state index contributed by atoms with van der Waals surface area (Å²) in [5, 5.41) is 13.2. The van der Waals surface area contributed by atoms with Crippen molar-refractivity contribution in [3.05, 3.63) is 42.1 Å². The summed E-state index contributed by atoms with van der Waals surface area (Å²) in [6, 6.07) is 11.6. The number of carbonyl (C=O) groups is 1. The molecule has 0 saturated carbocycles. The number of rotatable bonds is 8. The Balaban J connectivity index is 1.38. The number of carbonyl (C=O) groups excluding carboxylic acids is 1. The number of thiazole rings is 1. The first-order valence-electron chi connectivity index (χ1n) is 10.1. The largest absolute Gasteiger partial charge is 0.496 e. The van der Waals surface area contributed by atoms with Gasteiger partial charge in [0.05, 0.1) is 35.1 Å². The molecule has 162 valence electrons. The lowest BCUT2D eigenvalue weighted by Gasteiger charge is -2.10. The molecule has 0 unspecified atom stereocenters. The highest BCUT2D eigenvalue weighted by Crippen LogP contribution is 2.38. The van der Waals surface area contributed by atoms with Crippen LogP contribution < -0.4 is 10.1 Å². The monoisotopic (exact) mass is 456 g/mol. The second kappa shape index (κ2) is 10.2. The maximum absolute atomic E-state index is 12.0. The average Bonchev–Trinajstić information content (AvgIpc) is 3.46. The minimum atomic E-state index is -0.0221. The molecule has 1 aliphatic heterocycles. The number of thioether (sulfide) groups is 1. The smallest absolute Gasteiger partial charge is 0.230 e. The Bertz CT molecular complexity index is 1030. The van der Waals surface area contributed by atoms with Crippen molar-refractivity contribution in [1.29, 1.82) is 0 Å². The third-order valence-corrected chi connectivity index (χ3v) is 7.04. The molecule has 1 saturated heterocycles. The van der Waals surface area contributed by atoms with Gasteiger partial charge in [0.15, 0.2) is 0 Å². The van der Waals surface area contributed by atoms with Crippen LogP contribution in [0.2, 0.25) is 0 Å². The van der Waals surface area contributed by atoms with Crippen molar-refractivity contribution in [1.82, 2.24) is 20.5 Å². The van der Waals surface area contributed by atoms with Crippen molar-refractivity contribution < 1.29 is 14.3 Å². The lowest BCUT2D eigenvalue weighted by Crippen LogP contribution is -2.32. The molecule has 7 nitrogen and oxygen atoms in total. The van der Waals surface area contributed by atoms with Crippen LogP contribution in [-0.2, 0) is 9.53 Å². The first kappa shape index (κ1) is 21.7. The minimum absolute atomic E-state index is 0.0221. The minimum Gasteiger partial charge on any atom is -0.496 e. The van der Waals surface area contributed by atoms with Crippen LogP contribution in [0, 0.1) is 6.92 Å². The number of hydrogen-bond donors (Lipinski definition) is 1. The maximum atomic E-state index is 12.0. The summed E-state index contributed by atoms with van der Waals surface area (Å²) in [7, 11) is 1.66. The molecule has 2 aromatic heterocycles. The normalized spacial score (nSPS) is 15.7. The molecular formula is C22H24N4O3S2. The van der Waals surface area contributed by atoms with Crippen LogP contribution >= 0.6 is 23.1 Å². The van der Waals surface area contributed by atoms with Crippen LogP contribution in [0.25, 0.3) is 21.1 Å². The maximum Gasteiger partial charge on any atom is 0.230 e. The molecule has 31 heavy (non-hydrogen) atoms. The van der Waals surface area contributed by atoms with E-state index in [-0.39, 0.29) is 12.0 Å². The predicted octanol–water partition coefficient (Wildman–Crippen LogP) is 3.97. The number of aryl methyl sites for hydroxylation is 1. The summed E-state index contributed by atoms with van der Waals surface area (Å²) >= 11 is 2.93. The number of amides is 1. The summed E-state index contributed by atoms with van der Waals surface area (Å²) in [4.78, 5) is 17.7. The second-order valence-corrected chi connectivity index (χ2v) is 9.11. The van der Waals surface area contributed by atoms with Crippen molar-refractivity contribution in [2.75, 3.05) is 26.0 Å². The molecule has 3 heterocycles. The zero-order valence-corrected chi connectivity index (χ0v) is 19.1. The van der Waals surface area contributed by atoms with E-state index in [4.69, 9.17) is 14.5 Å². The van der Waals surface area contributed by atoms with E-state index in [1.165, 1.54) is 11.8 Å². The summed E-state index contributed by atoms with van der Waals surface area (Å²) in [6.07, 6.45) is 2.23. The molecule has 0 radical (unpaired) electrons. The van der Waals surface area contributed by atoms with Gasteiger partial charge in [0.25, 0.3) is 0 Å². The van der Waals surface area contributed by atoms with Gasteiger partial charge in [0, 0.05) is 13.2 Å². The van der Waals surface area contributed by atoms with Gasteiger partial charge < -0.3 is 14.8 Å². The molecule has 9 heteroatoms. The van der Waals surface area contributed by atoms with Gasteiger partial charge in [0.2, 0.25) is 5.91 Å². The average molecular weight is 457 g/mol. The lowest BCUT2D eigenvalue weighted by molar-refractivity contribution is -0.119. The summed E-state index contributed by atoms with van der Waals surface area (Å²) in [5.74, 6) is 1.07. The Morgan fingerprint density at radius 2 is 2.16 bits per heavy atom. The van der Waals surface area contributed by atoms with E-state index in [2.05, 4.69) is 15.5 Å². The Morgan fingerprint density at radius 1 is 1.29 bits per heavy atom. The molecule has 1 amide bonds. The molecule has 1 fully saturated rings. The zero-order valence-electron chi connectivity index (χ0n) is 17.5. The molecule has 0 bridgehead atoms. The van der Waals surface area contributed by atoms with Crippen molar-refractivity contribution in [2.24, 2.45) is 0 Å². The van der Waals surface area contributed by atoms with Crippen LogP contribution in [0.4, 0.5) is 0 Å². The van der Waals surface area contributed by atoms with E-state index < -0.39 is 0 Å². The first-order valence-corrected chi connectivity index (χ1v) is 11.9. The molecule has 1 aromatic carbocycles. The van der Waals surface area contributed by atoms with Gasteiger partial charge >= 0.3 is 0 Å². The van der Waals surface area contributed by atoms with Gasteiger partial charge in [-0.15, -0.1) is 21.5 Å². The number of hydrogen-bond acceptors (Lipinski definition) is 8. The molecule has 3 aromatic rings. The standard InChI is InChI=1S/C22H24N4O3S2/c1-14-21(31-22(24-14)16-7-3-4-8-18(16)28-2)17-9-10-20(26-25-17)30-13-19(27)23-12-15-6-5-11-29-15/h3-4,7-10,15H,5-6,11-13H2,1-2H3,(H,23,27)/t15-/m1/s1. The number of methoxy groups -OCH3 is 1. The number of para-hydroxylation sites is 1. The van der Waals surface area contributed by atoms with Gasteiger partial charge in [0.1, 0.15) is 21.5 Å². The highest BCUT2D eigenvalue weighted by molar-refractivity contribution is 7.99. The van der Waals surface area contributed by atoms with Crippen LogP contribution in [0.1, 0.15) is 18.5 Å². The molecule has 1 aliphatic rings. The fourth-order valence-corrected chi connectivity index (χ4v) is 5.02. The van der Waals surface area contributed by atoms with Crippen molar-refractivity contribution >= 4 is 29.0 Å². The van der Waals surface area contributed by atoms with Gasteiger partial charge in [-0.2, -0.15) is 0 Å². The molecular weight excluding hydrogens is 432 g/mol. The van der Waals surface area contributed by atoms with Gasteiger partial charge in [-0.05, 0) is 44.0 Å². The fourth-order valence-electron chi connectivity index (χ4n) is 3.31. The molecule has 1 N–H and O–H groups in total. The van der Waals surface area contributed by atoms with E-state index in [1.807, 2.05) is 43.3 Å². The first-order chi connectivity index (χ1) is 15.1. The summed E-state index contributed by atoms with van der Waals surface area (Å²) in [5.41, 5.74) is 2.62. The van der Waals surface area contributed by atoms with Crippen LogP contribution in [0.3, 0.4) is 0 Å². The highest BCUT2D eigenvalue weighted by Gasteiger charge is 2.17. The Labute approximate surface area is 189 Å². The third kappa shape index (κ3) is 5.41. The number of nitrogens with zero attached hydrogens (tertiary/aromatic N) is 3. The van der Waals surface area contributed by atoms with E-state index >= 15 is 0 Å². The lowest BCUT2D eigenvalue weighted by atomic mass is 10.2. The van der Waals surface area contributed by atoms with E-state index in [0.717, 1.165) is 52.0 Å². The molecule has 4 rings (SSSR count). The van der Waals surface area contributed by atoms with Gasteiger partial charge in [-0.3, -0.25) is 4.79 Å². The van der Waals surface area contributed by atoms with Gasteiger partial charge in [-0.1, -0.05) is 23.9 Å². The van der Waals surface area contributed by atoms with Crippen molar-refractivity contribution in [2.45, 2.75) is 30.9 Å². The Kier molecular flexibility index (Phi) is 7.16. The highest BCUT2D eigenvalue weighted by atomic mass is 32.2. The molecule has 0 spiro atoms. The number of benzene rings is 1. The SMILES string of the molecule is COc1ccccc1-c1nc(C)c(-c2ccc(SCC(=O)NC[C@H]3CCCO3)nn2)s1. The van der Waals surface area contributed by atoms with Crippen LogP contribution in [0.15, 0.2) is 41.4 Å². The van der Waals surface area contributed by atoms with E-state index in [0.29, 0.717) is 17.3 Å². The summed E-state index contributed by atoms with van der Waals surface area (Å²) < 4.78 is 11.0. The van der Waals surface area contributed by atoms with Crippen LogP contribution in [0.5, 0.6) is 5.75 Å². The number of aromatic nitrogens is 3. The summed E-state index contributed by atoms with van der Waals surface area (Å²) in [6.45, 7) is 3.33. The predicted molar refractivity (Wildman–Crippen MR) is 123 cm³/mol.